The Morgan fingerprint density at radius 3 is 2.41 bits per heavy atom. The average molecular weight is 531 g/mol. The zero-order chi connectivity index (χ0) is 26.9. The molecule has 6 nitrogen and oxygen atoms in total. The van der Waals surface area contributed by atoms with Crippen molar-refractivity contribution in [2.75, 3.05) is 23.7 Å². The number of hydrogen-bond donors (Lipinski definition) is 1. The molecule has 1 aliphatic rings. The number of hydrogen-bond acceptors (Lipinski definition) is 4. The van der Waals surface area contributed by atoms with Crippen LogP contribution < -0.4 is 10.2 Å². The molecule has 0 radical (unpaired) electrons. The standard InChI is InChI=1S/C27H29F3N4O2S/c1-5-12-31-21(35)14-33-22(36)15-37-24(19-11-8-17(29)13-20(19)30)23-25(27(2,3)4)32-34(26(23)33)18-9-6-16(28)7-10-18/h6-11,13,24H,5,12,14-15H2,1-4H3,(H,31,35). The van der Waals surface area contributed by atoms with Gasteiger partial charge in [0.25, 0.3) is 0 Å². The first kappa shape index (κ1) is 26.8. The number of aromatic nitrogens is 2. The molecular weight excluding hydrogens is 501 g/mol. The molecule has 196 valence electrons. The Kier molecular flexibility index (Phi) is 7.68. The van der Waals surface area contributed by atoms with Gasteiger partial charge in [0.15, 0.2) is 0 Å². The van der Waals surface area contributed by atoms with Gasteiger partial charge in [0.05, 0.1) is 22.4 Å². The summed E-state index contributed by atoms with van der Waals surface area (Å²) in [5, 5.41) is 6.93. The highest BCUT2D eigenvalue weighted by Crippen LogP contribution is 2.49. The molecule has 0 bridgehead atoms. The molecule has 0 spiro atoms. The molecule has 2 amide bonds. The molecule has 1 unspecified atom stereocenters. The summed E-state index contributed by atoms with van der Waals surface area (Å²) in [5.41, 5.74) is 1.28. The van der Waals surface area contributed by atoms with Crippen molar-refractivity contribution in [3.05, 3.63) is 76.7 Å². The van der Waals surface area contributed by atoms with Gasteiger partial charge < -0.3 is 5.32 Å². The molecule has 4 rings (SSSR count). The van der Waals surface area contributed by atoms with Gasteiger partial charge in [0.2, 0.25) is 11.8 Å². The minimum Gasteiger partial charge on any atom is -0.355 e. The third-order valence-corrected chi connectivity index (χ3v) is 7.23. The molecule has 1 atom stereocenters. The Morgan fingerprint density at radius 2 is 1.78 bits per heavy atom. The van der Waals surface area contributed by atoms with Crippen LogP contribution >= 0.6 is 11.8 Å². The molecule has 0 fully saturated rings. The Hall–Kier alpha value is -3.27. The van der Waals surface area contributed by atoms with Crippen LogP contribution in [0.1, 0.15) is 56.2 Å². The number of nitrogens with zero attached hydrogens (tertiary/aromatic N) is 3. The van der Waals surface area contributed by atoms with Crippen LogP contribution in [0, 0.1) is 17.5 Å². The van der Waals surface area contributed by atoms with E-state index in [4.69, 9.17) is 5.10 Å². The summed E-state index contributed by atoms with van der Waals surface area (Å²) in [6.07, 6.45) is 0.731. The van der Waals surface area contributed by atoms with E-state index in [1.54, 1.807) is 0 Å². The van der Waals surface area contributed by atoms with Crippen molar-refractivity contribution in [1.82, 2.24) is 15.1 Å². The number of rotatable bonds is 6. The van der Waals surface area contributed by atoms with Crippen LogP contribution in [-0.2, 0) is 15.0 Å². The van der Waals surface area contributed by atoms with Gasteiger partial charge >= 0.3 is 0 Å². The maximum absolute atomic E-state index is 15.1. The lowest BCUT2D eigenvalue weighted by molar-refractivity contribution is -0.122. The van der Waals surface area contributed by atoms with Gasteiger partial charge in [-0.15, -0.1) is 11.8 Å². The second-order valence-electron chi connectivity index (χ2n) is 9.91. The first-order valence-corrected chi connectivity index (χ1v) is 13.1. The molecule has 2 heterocycles. The van der Waals surface area contributed by atoms with Crippen molar-refractivity contribution in [3.8, 4) is 5.69 Å². The lowest BCUT2D eigenvalue weighted by atomic mass is 9.87. The monoisotopic (exact) mass is 530 g/mol. The van der Waals surface area contributed by atoms with E-state index >= 15 is 4.39 Å². The Labute approximate surface area is 218 Å². The van der Waals surface area contributed by atoms with Gasteiger partial charge in [0.1, 0.15) is 29.8 Å². The smallest absolute Gasteiger partial charge is 0.240 e. The molecule has 0 saturated heterocycles. The van der Waals surface area contributed by atoms with E-state index in [-0.39, 0.29) is 29.7 Å². The van der Waals surface area contributed by atoms with Crippen molar-refractivity contribution in [2.45, 2.75) is 44.8 Å². The average Bonchev–Trinajstić information content (AvgIpc) is 3.17. The van der Waals surface area contributed by atoms with E-state index in [2.05, 4.69) is 5.32 Å². The van der Waals surface area contributed by atoms with E-state index in [1.807, 2.05) is 27.7 Å². The fourth-order valence-corrected chi connectivity index (χ4v) is 5.48. The maximum atomic E-state index is 15.1. The summed E-state index contributed by atoms with van der Waals surface area (Å²) in [6, 6.07) is 9.00. The number of fused-ring (bicyclic) bond motifs is 1. The predicted molar refractivity (Wildman–Crippen MR) is 139 cm³/mol. The minimum absolute atomic E-state index is 0.0375. The summed E-state index contributed by atoms with van der Waals surface area (Å²) in [7, 11) is 0. The normalized spacial score (nSPS) is 15.9. The van der Waals surface area contributed by atoms with Crippen LogP contribution in [-0.4, -0.2) is 40.4 Å². The number of carbonyl (C=O) groups excluding carboxylic acids is 2. The maximum Gasteiger partial charge on any atom is 0.240 e. The first-order valence-electron chi connectivity index (χ1n) is 12.0. The molecule has 37 heavy (non-hydrogen) atoms. The predicted octanol–water partition coefficient (Wildman–Crippen LogP) is 5.28. The van der Waals surface area contributed by atoms with E-state index in [0.717, 1.165) is 12.5 Å². The highest BCUT2D eigenvalue weighted by molar-refractivity contribution is 8.00. The molecule has 1 aromatic heterocycles. The van der Waals surface area contributed by atoms with Crippen molar-refractivity contribution < 1.29 is 22.8 Å². The Balaban J connectivity index is 2.01. The number of benzene rings is 2. The fourth-order valence-electron chi connectivity index (χ4n) is 4.26. The molecule has 2 aromatic carbocycles. The SMILES string of the molecule is CCCNC(=O)CN1C(=O)CSC(c2ccc(F)cc2F)c2c(C(C)(C)C)nn(-c3ccc(F)cc3)c21. The van der Waals surface area contributed by atoms with E-state index in [1.165, 1.54) is 57.7 Å². The summed E-state index contributed by atoms with van der Waals surface area (Å²) >= 11 is 1.20. The van der Waals surface area contributed by atoms with Gasteiger partial charge in [-0.3, -0.25) is 14.5 Å². The Bertz CT molecular complexity index is 1320. The molecule has 10 heteroatoms. The van der Waals surface area contributed by atoms with Crippen molar-refractivity contribution >= 4 is 29.4 Å². The van der Waals surface area contributed by atoms with Crippen molar-refractivity contribution in [1.29, 1.82) is 0 Å². The van der Waals surface area contributed by atoms with Crippen LogP contribution in [0.4, 0.5) is 19.0 Å². The topological polar surface area (TPSA) is 67.2 Å². The first-order chi connectivity index (χ1) is 17.5. The van der Waals surface area contributed by atoms with Crippen molar-refractivity contribution in [3.63, 3.8) is 0 Å². The highest BCUT2D eigenvalue weighted by Gasteiger charge is 2.40. The Morgan fingerprint density at radius 1 is 1.11 bits per heavy atom. The third kappa shape index (κ3) is 5.53. The van der Waals surface area contributed by atoms with Crippen LogP contribution in [0.2, 0.25) is 0 Å². The lowest BCUT2D eigenvalue weighted by Gasteiger charge is -2.24. The van der Waals surface area contributed by atoms with E-state index < -0.39 is 28.1 Å². The van der Waals surface area contributed by atoms with E-state index in [0.29, 0.717) is 29.3 Å². The van der Waals surface area contributed by atoms with Gasteiger partial charge in [0, 0.05) is 29.2 Å². The largest absolute Gasteiger partial charge is 0.355 e. The van der Waals surface area contributed by atoms with Crippen LogP contribution in [0.15, 0.2) is 42.5 Å². The van der Waals surface area contributed by atoms with Crippen molar-refractivity contribution in [2.24, 2.45) is 0 Å². The number of carbonyl (C=O) groups is 2. The number of thioether (sulfide) groups is 1. The number of nitrogens with one attached hydrogen (secondary N) is 1. The van der Waals surface area contributed by atoms with Crippen LogP contribution in [0.3, 0.4) is 0 Å². The minimum atomic E-state index is -0.737. The number of halogens is 3. The van der Waals surface area contributed by atoms with Gasteiger partial charge in [-0.2, -0.15) is 5.10 Å². The zero-order valence-electron chi connectivity index (χ0n) is 21.1. The van der Waals surface area contributed by atoms with E-state index in [9.17, 15) is 18.4 Å². The van der Waals surface area contributed by atoms with Gasteiger partial charge in [-0.1, -0.05) is 33.8 Å². The third-order valence-electron chi connectivity index (χ3n) is 5.99. The molecule has 1 N–H and O–H groups in total. The summed E-state index contributed by atoms with van der Waals surface area (Å²) < 4.78 is 44.2. The number of anilines is 1. The molecule has 0 aliphatic carbocycles. The lowest BCUT2D eigenvalue weighted by Crippen LogP contribution is -2.42. The van der Waals surface area contributed by atoms with Crippen LogP contribution in [0.5, 0.6) is 0 Å². The van der Waals surface area contributed by atoms with Gasteiger partial charge in [-0.25, -0.2) is 17.9 Å². The van der Waals surface area contributed by atoms with Crippen LogP contribution in [0.25, 0.3) is 5.69 Å². The fraction of sp³-hybridized carbons (Fsp3) is 0.370. The summed E-state index contributed by atoms with van der Waals surface area (Å²) in [5.74, 6) is -2.31. The molecule has 1 aliphatic heterocycles. The highest BCUT2D eigenvalue weighted by atomic mass is 32.2. The quantitative estimate of drug-likeness (QED) is 0.471. The summed E-state index contributed by atoms with van der Waals surface area (Å²) in [4.78, 5) is 27.6. The number of amides is 2. The zero-order valence-corrected chi connectivity index (χ0v) is 22.0. The molecule has 3 aromatic rings. The summed E-state index contributed by atoms with van der Waals surface area (Å²) in [6.45, 7) is 7.94. The van der Waals surface area contributed by atoms with Gasteiger partial charge in [-0.05, 0) is 36.8 Å². The second kappa shape index (κ2) is 10.6. The molecule has 0 saturated carbocycles. The second-order valence-corrected chi connectivity index (χ2v) is 11.0. The molecular formula is C27H29F3N4O2S.